The Morgan fingerprint density at radius 2 is 1.71 bits per heavy atom. The van der Waals surface area contributed by atoms with Crippen molar-refractivity contribution in [1.82, 2.24) is 15.1 Å². The van der Waals surface area contributed by atoms with E-state index in [-0.39, 0.29) is 23.4 Å². The van der Waals surface area contributed by atoms with Crippen LogP contribution in [0.25, 0.3) is 11.5 Å². The van der Waals surface area contributed by atoms with Gasteiger partial charge in [0.1, 0.15) is 5.82 Å². The highest BCUT2D eigenvalue weighted by Gasteiger charge is 2.22. The molecule has 11 heteroatoms. The first-order valence-electron chi connectivity index (χ1n) is 11.9. The Labute approximate surface area is 231 Å². The highest BCUT2D eigenvalue weighted by atomic mass is 79.9. The number of halogens is 2. The molecule has 1 saturated heterocycles. The van der Waals surface area contributed by atoms with Gasteiger partial charge in [-0.3, -0.25) is 9.59 Å². The van der Waals surface area contributed by atoms with Crippen LogP contribution in [0.1, 0.15) is 10.4 Å². The van der Waals surface area contributed by atoms with Gasteiger partial charge in [0.2, 0.25) is 11.8 Å². The molecule has 194 valence electrons. The van der Waals surface area contributed by atoms with Gasteiger partial charge < -0.3 is 19.5 Å². The van der Waals surface area contributed by atoms with Gasteiger partial charge in [-0.1, -0.05) is 33.8 Å². The summed E-state index contributed by atoms with van der Waals surface area (Å²) in [5.41, 5.74) is 2.98. The molecule has 3 aromatic carbocycles. The quantitative estimate of drug-likeness (QED) is 0.289. The number of hydrogen-bond acceptors (Lipinski definition) is 7. The molecule has 0 radical (unpaired) electrons. The number of carbonyl (C=O) groups excluding carboxylic acids is 2. The predicted octanol–water partition coefficient (Wildman–Crippen LogP) is 5.33. The van der Waals surface area contributed by atoms with Gasteiger partial charge in [0.25, 0.3) is 11.1 Å². The monoisotopic (exact) mass is 595 g/mol. The molecule has 1 aliphatic rings. The van der Waals surface area contributed by atoms with E-state index in [9.17, 15) is 14.0 Å². The van der Waals surface area contributed by atoms with Crippen molar-refractivity contribution in [2.45, 2.75) is 5.22 Å². The lowest BCUT2D eigenvalue weighted by atomic mass is 10.1. The summed E-state index contributed by atoms with van der Waals surface area (Å²) < 4.78 is 19.7. The van der Waals surface area contributed by atoms with Crippen LogP contribution >= 0.6 is 27.7 Å². The van der Waals surface area contributed by atoms with E-state index in [0.29, 0.717) is 48.5 Å². The minimum atomic E-state index is -0.359. The zero-order chi connectivity index (χ0) is 26.5. The lowest BCUT2D eigenvalue weighted by molar-refractivity contribution is -0.113. The number of hydrogen-bond donors (Lipinski definition) is 1. The average molecular weight is 596 g/mol. The first-order valence-corrected chi connectivity index (χ1v) is 13.6. The van der Waals surface area contributed by atoms with E-state index in [0.717, 1.165) is 15.7 Å². The van der Waals surface area contributed by atoms with E-state index in [1.165, 1.54) is 36.0 Å². The number of nitrogens with one attached hydrogen (secondary N) is 1. The molecule has 8 nitrogen and oxygen atoms in total. The molecule has 0 atom stereocenters. The second-order valence-electron chi connectivity index (χ2n) is 8.55. The number of amides is 2. The van der Waals surface area contributed by atoms with Crippen molar-refractivity contribution < 1.29 is 18.4 Å². The van der Waals surface area contributed by atoms with Gasteiger partial charge >= 0.3 is 0 Å². The maximum Gasteiger partial charge on any atom is 0.277 e. The number of nitrogens with zero attached hydrogens (tertiary/aromatic N) is 4. The molecule has 1 fully saturated rings. The first-order chi connectivity index (χ1) is 18.4. The molecule has 5 rings (SSSR count). The fraction of sp³-hybridized carbons (Fsp3) is 0.185. The van der Waals surface area contributed by atoms with E-state index >= 15 is 0 Å². The molecule has 1 aliphatic heterocycles. The SMILES string of the molecule is O=C(CSc1nnc(-c2cccc(Br)c2)o1)Nc1ccc(N2CCN(C(=O)c3ccc(F)cc3)CC2)cc1. The van der Waals surface area contributed by atoms with E-state index < -0.39 is 0 Å². The number of anilines is 2. The average Bonchev–Trinajstić information content (AvgIpc) is 3.42. The van der Waals surface area contributed by atoms with Crippen LogP contribution in [0.3, 0.4) is 0 Å². The molecule has 2 heterocycles. The second-order valence-corrected chi connectivity index (χ2v) is 10.4. The predicted molar refractivity (Wildman–Crippen MR) is 148 cm³/mol. The molecule has 1 aromatic heterocycles. The smallest absolute Gasteiger partial charge is 0.277 e. The van der Waals surface area contributed by atoms with Crippen LogP contribution < -0.4 is 10.2 Å². The van der Waals surface area contributed by atoms with E-state index in [4.69, 9.17) is 4.42 Å². The molecule has 38 heavy (non-hydrogen) atoms. The zero-order valence-electron chi connectivity index (χ0n) is 20.1. The van der Waals surface area contributed by atoms with Crippen molar-refractivity contribution in [2.24, 2.45) is 0 Å². The summed E-state index contributed by atoms with van der Waals surface area (Å²) in [5.74, 6) is -0.109. The Morgan fingerprint density at radius 3 is 2.42 bits per heavy atom. The van der Waals surface area contributed by atoms with Crippen LogP contribution in [0.15, 0.2) is 86.9 Å². The molecule has 1 N–H and O–H groups in total. The maximum absolute atomic E-state index is 13.1. The topological polar surface area (TPSA) is 91.6 Å². The highest BCUT2D eigenvalue weighted by Crippen LogP contribution is 2.26. The van der Waals surface area contributed by atoms with Crippen molar-refractivity contribution in [3.8, 4) is 11.5 Å². The van der Waals surface area contributed by atoms with Crippen LogP contribution in [0.2, 0.25) is 0 Å². The van der Waals surface area contributed by atoms with Gasteiger partial charge in [0.15, 0.2) is 0 Å². The third kappa shape index (κ3) is 6.40. The summed E-state index contributed by atoms with van der Waals surface area (Å²) in [6.45, 7) is 2.51. The number of rotatable bonds is 7. The third-order valence-electron chi connectivity index (χ3n) is 5.98. The molecule has 0 spiro atoms. The summed E-state index contributed by atoms with van der Waals surface area (Å²) in [6, 6.07) is 20.8. The van der Waals surface area contributed by atoms with Crippen LogP contribution in [0, 0.1) is 5.82 Å². The molecule has 0 bridgehead atoms. The summed E-state index contributed by atoms with van der Waals surface area (Å²) >= 11 is 4.59. The summed E-state index contributed by atoms with van der Waals surface area (Å²) in [7, 11) is 0. The van der Waals surface area contributed by atoms with Gasteiger partial charge in [-0.15, -0.1) is 10.2 Å². The van der Waals surface area contributed by atoms with Crippen LogP contribution in [0.4, 0.5) is 15.8 Å². The molecular formula is C27H23BrFN5O3S. The van der Waals surface area contributed by atoms with E-state index in [1.54, 1.807) is 4.90 Å². The van der Waals surface area contributed by atoms with Crippen molar-refractivity contribution in [3.05, 3.63) is 88.6 Å². The minimum absolute atomic E-state index is 0.0922. The number of thioether (sulfide) groups is 1. The number of piperazine rings is 1. The fourth-order valence-electron chi connectivity index (χ4n) is 4.03. The lowest BCUT2D eigenvalue weighted by Crippen LogP contribution is -2.48. The minimum Gasteiger partial charge on any atom is -0.411 e. The van der Waals surface area contributed by atoms with Crippen molar-refractivity contribution >= 4 is 50.9 Å². The van der Waals surface area contributed by atoms with Gasteiger partial charge in [0.05, 0.1) is 5.75 Å². The van der Waals surface area contributed by atoms with Crippen LogP contribution in [-0.2, 0) is 4.79 Å². The molecule has 4 aromatic rings. The van der Waals surface area contributed by atoms with Gasteiger partial charge in [-0.05, 0) is 66.7 Å². The Morgan fingerprint density at radius 1 is 0.974 bits per heavy atom. The zero-order valence-corrected chi connectivity index (χ0v) is 22.5. The number of aromatic nitrogens is 2. The largest absolute Gasteiger partial charge is 0.411 e. The fourth-order valence-corrected chi connectivity index (χ4v) is 4.99. The first kappa shape index (κ1) is 25.9. The normalized spacial score (nSPS) is 13.4. The Kier molecular flexibility index (Phi) is 8.04. The Balaban J connectivity index is 1.09. The summed E-state index contributed by atoms with van der Waals surface area (Å²) in [6.07, 6.45) is 0. The van der Waals surface area contributed by atoms with Gasteiger partial charge in [0, 0.05) is 53.2 Å². The number of carbonyl (C=O) groups is 2. The lowest BCUT2D eigenvalue weighted by Gasteiger charge is -2.36. The summed E-state index contributed by atoms with van der Waals surface area (Å²) in [4.78, 5) is 29.1. The molecule has 0 unspecified atom stereocenters. The van der Waals surface area contributed by atoms with Crippen LogP contribution in [-0.4, -0.2) is 58.8 Å². The van der Waals surface area contributed by atoms with Crippen molar-refractivity contribution in [1.29, 1.82) is 0 Å². The van der Waals surface area contributed by atoms with E-state index in [2.05, 4.69) is 36.3 Å². The molecule has 0 aliphatic carbocycles. The Bertz CT molecular complexity index is 1420. The molecule has 2 amide bonds. The maximum atomic E-state index is 13.1. The van der Waals surface area contributed by atoms with Crippen molar-refractivity contribution in [3.63, 3.8) is 0 Å². The second kappa shape index (κ2) is 11.8. The van der Waals surface area contributed by atoms with E-state index in [1.807, 2.05) is 48.5 Å². The number of benzene rings is 3. The molecular weight excluding hydrogens is 573 g/mol. The van der Waals surface area contributed by atoms with Gasteiger partial charge in [-0.2, -0.15) is 0 Å². The third-order valence-corrected chi connectivity index (χ3v) is 7.29. The van der Waals surface area contributed by atoms with Gasteiger partial charge in [-0.25, -0.2) is 4.39 Å². The van der Waals surface area contributed by atoms with Crippen LogP contribution in [0.5, 0.6) is 0 Å². The van der Waals surface area contributed by atoms with Crippen molar-refractivity contribution in [2.75, 3.05) is 42.1 Å². The highest BCUT2D eigenvalue weighted by molar-refractivity contribution is 9.10. The molecule has 0 saturated carbocycles. The summed E-state index contributed by atoms with van der Waals surface area (Å²) in [5, 5.41) is 11.3. The standard InChI is InChI=1S/C27H23BrFN5O3S/c28-20-3-1-2-19(16-20)25-31-32-27(37-25)38-17-24(35)30-22-8-10-23(11-9-22)33-12-14-34(15-13-33)26(36)18-4-6-21(29)7-5-18/h1-11,16H,12-15,17H2,(H,30,35). The Hall–Kier alpha value is -3.70.